The second-order valence-corrected chi connectivity index (χ2v) is 5.78. The third kappa shape index (κ3) is 2.34. The largest absolute Gasteiger partial charge is 0.344 e. The lowest BCUT2D eigenvalue weighted by atomic mass is 10.0. The predicted molar refractivity (Wildman–Crippen MR) is 67.7 cm³/mol. The standard InChI is InChI=1S/C12H20N4O4/c1-14-5-4-9(7-14)20-13-11(17)10-3-2-8-6-15(10)12(18)16(8)19/h8-10,19H,2-7H2,1H3,(H,13,17). The number of carbonyl (C=O) groups is 2. The van der Waals surface area contributed by atoms with Crippen molar-refractivity contribution in [3.8, 4) is 0 Å². The molecule has 8 nitrogen and oxygen atoms in total. The average Bonchev–Trinajstić information content (AvgIpc) is 2.95. The van der Waals surface area contributed by atoms with Gasteiger partial charge in [-0.25, -0.2) is 15.3 Å². The first-order valence-electron chi connectivity index (χ1n) is 6.99. The van der Waals surface area contributed by atoms with Gasteiger partial charge in [0, 0.05) is 19.6 Å². The van der Waals surface area contributed by atoms with Gasteiger partial charge in [-0.05, 0) is 26.3 Å². The van der Waals surface area contributed by atoms with E-state index in [1.165, 1.54) is 4.90 Å². The van der Waals surface area contributed by atoms with Gasteiger partial charge in [-0.1, -0.05) is 0 Å². The quantitative estimate of drug-likeness (QED) is 0.534. The summed E-state index contributed by atoms with van der Waals surface area (Å²) in [4.78, 5) is 32.9. The monoisotopic (exact) mass is 284 g/mol. The van der Waals surface area contributed by atoms with Crippen LogP contribution in [0.4, 0.5) is 4.79 Å². The zero-order valence-corrected chi connectivity index (χ0v) is 11.5. The molecule has 3 amide bonds. The van der Waals surface area contributed by atoms with Crippen LogP contribution in [0.3, 0.4) is 0 Å². The number of piperidine rings is 1. The van der Waals surface area contributed by atoms with Gasteiger partial charge in [0.05, 0.1) is 12.1 Å². The molecule has 3 aliphatic rings. The Labute approximate surface area is 117 Å². The van der Waals surface area contributed by atoms with Gasteiger partial charge in [0.25, 0.3) is 5.91 Å². The number of rotatable bonds is 3. The van der Waals surface area contributed by atoms with Crippen LogP contribution in [0, 0.1) is 0 Å². The van der Waals surface area contributed by atoms with Crippen molar-refractivity contribution in [3.63, 3.8) is 0 Å². The van der Waals surface area contributed by atoms with Crippen LogP contribution in [0.5, 0.6) is 0 Å². The van der Waals surface area contributed by atoms with Crippen LogP contribution < -0.4 is 5.48 Å². The van der Waals surface area contributed by atoms with E-state index in [1.54, 1.807) is 0 Å². The van der Waals surface area contributed by atoms with E-state index < -0.39 is 12.1 Å². The molecule has 2 bridgehead atoms. The third-order valence-electron chi connectivity index (χ3n) is 4.32. The molecule has 3 atom stereocenters. The van der Waals surface area contributed by atoms with E-state index in [0.29, 0.717) is 19.4 Å². The molecule has 0 aromatic rings. The molecule has 0 aliphatic carbocycles. The van der Waals surface area contributed by atoms with Crippen LogP contribution in [0.2, 0.25) is 0 Å². The fraction of sp³-hybridized carbons (Fsp3) is 0.833. The van der Waals surface area contributed by atoms with Gasteiger partial charge < -0.3 is 9.80 Å². The molecule has 8 heteroatoms. The van der Waals surface area contributed by atoms with E-state index in [1.807, 2.05) is 7.05 Å². The zero-order valence-electron chi connectivity index (χ0n) is 11.5. The summed E-state index contributed by atoms with van der Waals surface area (Å²) in [5.74, 6) is -0.304. The average molecular weight is 284 g/mol. The normalized spacial score (nSPS) is 33.9. The maximum atomic E-state index is 12.1. The summed E-state index contributed by atoms with van der Waals surface area (Å²) in [6, 6.07) is -1.22. The van der Waals surface area contributed by atoms with Gasteiger partial charge in [-0.15, -0.1) is 0 Å². The Morgan fingerprint density at radius 3 is 2.85 bits per heavy atom. The van der Waals surface area contributed by atoms with Crippen molar-refractivity contribution in [1.29, 1.82) is 0 Å². The van der Waals surface area contributed by atoms with E-state index in [9.17, 15) is 14.8 Å². The number of nitrogens with zero attached hydrogens (tertiary/aromatic N) is 3. The van der Waals surface area contributed by atoms with E-state index in [0.717, 1.165) is 24.6 Å². The van der Waals surface area contributed by atoms with Gasteiger partial charge in [0.2, 0.25) is 0 Å². The molecule has 3 rings (SSSR count). The first-order chi connectivity index (χ1) is 9.56. The first-order valence-corrected chi connectivity index (χ1v) is 6.99. The minimum Gasteiger partial charge on any atom is -0.309 e. The maximum Gasteiger partial charge on any atom is 0.344 e. The Hall–Kier alpha value is -1.38. The molecule has 3 heterocycles. The summed E-state index contributed by atoms with van der Waals surface area (Å²) in [7, 11) is 2.01. The van der Waals surface area contributed by atoms with Gasteiger partial charge in [0.15, 0.2) is 0 Å². The molecule has 3 aliphatic heterocycles. The smallest absolute Gasteiger partial charge is 0.309 e. The molecule has 0 radical (unpaired) electrons. The molecular formula is C12H20N4O4. The highest BCUT2D eigenvalue weighted by atomic mass is 16.7. The highest BCUT2D eigenvalue weighted by molar-refractivity contribution is 5.87. The van der Waals surface area contributed by atoms with Crippen LogP contribution >= 0.6 is 0 Å². The number of nitrogens with one attached hydrogen (secondary N) is 1. The topological polar surface area (TPSA) is 85.4 Å². The molecule has 3 saturated heterocycles. The molecule has 20 heavy (non-hydrogen) atoms. The highest BCUT2D eigenvalue weighted by Crippen LogP contribution is 2.28. The fourth-order valence-corrected chi connectivity index (χ4v) is 3.12. The number of carbonyl (C=O) groups excluding carboxylic acids is 2. The van der Waals surface area contributed by atoms with Gasteiger partial charge >= 0.3 is 6.03 Å². The number of likely N-dealkylation sites (N-methyl/N-ethyl adjacent to an activating group) is 1. The Morgan fingerprint density at radius 2 is 2.15 bits per heavy atom. The molecule has 0 spiro atoms. The number of hydroxylamine groups is 3. The molecule has 3 unspecified atom stereocenters. The van der Waals surface area contributed by atoms with Crippen molar-refractivity contribution in [2.24, 2.45) is 0 Å². The number of likely N-dealkylation sites (tertiary alicyclic amines) is 1. The first kappa shape index (κ1) is 13.6. The molecule has 2 N–H and O–H groups in total. The number of hydrogen-bond donors (Lipinski definition) is 2. The second kappa shape index (κ2) is 5.19. The second-order valence-electron chi connectivity index (χ2n) is 5.78. The Kier molecular flexibility index (Phi) is 3.53. The van der Waals surface area contributed by atoms with Crippen molar-refractivity contribution in [3.05, 3.63) is 0 Å². The van der Waals surface area contributed by atoms with Gasteiger partial charge in [-0.3, -0.25) is 14.8 Å². The lowest BCUT2D eigenvalue weighted by Crippen LogP contribution is -2.50. The van der Waals surface area contributed by atoms with Gasteiger partial charge in [0.1, 0.15) is 6.04 Å². The van der Waals surface area contributed by atoms with Crippen molar-refractivity contribution in [2.75, 3.05) is 26.7 Å². The number of urea groups is 1. The van der Waals surface area contributed by atoms with Crippen LogP contribution in [0.1, 0.15) is 19.3 Å². The minimum atomic E-state index is -0.546. The maximum absolute atomic E-state index is 12.1. The lowest BCUT2D eigenvalue weighted by molar-refractivity contribution is -0.143. The number of amides is 3. The van der Waals surface area contributed by atoms with Crippen LogP contribution in [0.15, 0.2) is 0 Å². The summed E-state index contributed by atoms with van der Waals surface area (Å²) in [5.41, 5.74) is 2.47. The highest BCUT2D eigenvalue weighted by Gasteiger charge is 2.46. The van der Waals surface area contributed by atoms with Crippen LogP contribution in [-0.4, -0.2) is 76.9 Å². The predicted octanol–water partition coefficient (Wildman–Crippen LogP) is -0.604. The number of fused-ring (bicyclic) bond motifs is 2. The fourth-order valence-electron chi connectivity index (χ4n) is 3.12. The van der Waals surface area contributed by atoms with Crippen molar-refractivity contribution in [2.45, 2.75) is 37.5 Å². The molecular weight excluding hydrogens is 264 g/mol. The van der Waals surface area contributed by atoms with E-state index >= 15 is 0 Å². The molecule has 0 saturated carbocycles. The SMILES string of the molecule is CN1CCC(ONC(=O)C2CCC3CN2C(=O)N3O)C1. The zero-order chi connectivity index (χ0) is 14.3. The third-order valence-corrected chi connectivity index (χ3v) is 4.32. The molecule has 112 valence electrons. The molecule has 0 aromatic carbocycles. The summed E-state index contributed by atoms with van der Waals surface area (Å²) in [6.07, 6.45) is 2.07. The van der Waals surface area contributed by atoms with E-state index in [4.69, 9.17) is 4.84 Å². The summed E-state index contributed by atoms with van der Waals surface area (Å²) < 4.78 is 0. The molecule has 3 fully saturated rings. The molecule has 0 aromatic heterocycles. The summed E-state index contributed by atoms with van der Waals surface area (Å²) >= 11 is 0. The van der Waals surface area contributed by atoms with Crippen molar-refractivity contribution in [1.82, 2.24) is 20.3 Å². The van der Waals surface area contributed by atoms with Crippen molar-refractivity contribution >= 4 is 11.9 Å². The Bertz CT molecular complexity index is 418. The number of hydrogen-bond acceptors (Lipinski definition) is 5. The van der Waals surface area contributed by atoms with E-state index in [2.05, 4.69) is 10.4 Å². The Balaban J connectivity index is 1.54. The van der Waals surface area contributed by atoms with Crippen LogP contribution in [0.25, 0.3) is 0 Å². The van der Waals surface area contributed by atoms with E-state index in [-0.39, 0.29) is 18.1 Å². The summed E-state index contributed by atoms with van der Waals surface area (Å²) in [6.45, 7) is 2.15. The van der Waals surface area contributed by atoms with Crippen molar-refractivity contribution < 1.29 is 19.6 Å². The summed E-state index contributed by atoms with van der Waals surface area (Å²) in [5, 5.41) is 10.3. The minimum absolute atomic E-state index is 0.00362. The van der Waals surface area contributed by atoms with Gasteiger partial charge in [-0.2, -0.15) is 0 Å². The Morgan fingerprint density at radius 1 is 1.35 bits per heavy atom. The van der Waals surface area contributed by atoms with Crippen LogP contribution in [-0.2, 0) is 9.63 Å². The lowest BCUT2D eigenvalue weighted by Gasteiger charge is -2.29.